The van der Waals surface area contributed by atoms with E-state index in [1.807, 2.05) is 6.92 Å². The van der Waals surface area contributed by atoms with E-state index >= 15 is 0 Å². The summed E-state index contributed by atoms with van der Waals surface area (Å²) in [6, 6.07) is 6.20. The quantitative estimate of drug-likeness (QED) is 0.275. The molecule has 0 amide bonds. The number of Topliss-reactive ketones (excluding diaryl/α,β-unsaturated/α-hetero) is 1. The first-order valence-corrected chi connectivity index (χ1v) is 14.9. The first kappa shape index (κ1) is 28.8. The van der Waals surface area contributed by atoms with Crippen molar-refractivity contribution in [3.63, 3.8) is 0 Å². The maximum atomic E-state index is 13.7. The highest BCUT2D eigenvalue weighted by atomic mass is 16.5. The van der Waals surface area contributed by atoms with Gasteiger partial charge in [0.25, 0.3) is 0 Å². The van der Waals surface area contributed by atoms with Gasteiger partial charge in [-0.2, -0.15) is 0 Å². The van der Waals surface area contributed by atoms with Crippen molar-refractivity contribution in [2.75, 3.05) is 20.8 Å². The first-order valence-electron chi connectivity index (χ1n) is 14.9. The Labute approximate surface area is 251 Å². The van der Waals surface area contributed by atoms with Crippen LogP contribution in [-0.2, 0) is 14.3 Å². The number of hydrogen-bond donors (Lipinski definition) is 2. The highest BCUT2D eigenvalue weighted by Gasteiger charge is 2.37. The lowest BCUT2D eigenvalue weighted by Gasteiger charge is -2.17. The van der Waals surface area contributed by atoms with Gasteiger partial charge in [-0.3, -0.25) is 9.59 Å². The number of esters is 1. The van der Waals surface area contributed by atoms with Gasteiger partial charge < -0.3 is 19.4 Å². The van der Waals surface area contributed by atoms with Crippen molar-refractivity contribution in [1.29, 1.82) is 0 Å². The van der Waals surface area contributed by atoms with Gasteiger partial charge in [0.2, 0.25) is 0 Å². The molecule has 5 heterocycles. The molecule has 2 atom stereocenters. The van der Waals surface area contributed by atoms with E-state index < -0.39 is 0 Å². The van der Waals surface area contributed by atoms with Gasteiger partial charge in [-0.25, -0.2) is 9.97 Å². The minimum Gasteiger partial charge on any atom is -0.469 e. The van der Waals surface area contributed by atoms with Gasteiger partial charge in [-0.05, 0) is 74.1 Å². The summed E-state index contributed by atoms with van der Waals surface area (Å²) in [6.07, 6.45) is 1.65. The number of allylic oxidation sites excluding steroid dienone is 4. The Morgan fingerprint density at radius 3 is 2.30 bits per heavy atom. The third kappa shape index (κ3) is 4.47. The Morgan fingerprint density at radius 2 is 1.63 bits per heavy atom. The largest absolute Gasteiger partial charge is 0.469 e. The Balaban J connectivity index is 1.74. The summed E-state index contributed by atoms with van der Waals surface area (Å²) in [6.45, 7) is 15.1. The molecule has 43 heavy (non-hydrogen) atoms. The standard InChI is InChI=1S/C35H38N4O4/c1-9-21-16(2)25-13-29-23(15-42-7)18(4)24(37-29)12-26-17(3)22(10-11-30(40)43-8)33(38-26)31-20(6)35(41)32-19(5)27(39-34(31)32)14-28(21)36-25/h12-14,17,22,38-39H,6,9-11,15H2,1-5,7-8H3/t17-,22-/m0/s1. The fraction of sp³-hybridized carbons (Fsp3) is 0.371. The molecule has 4 aliphatic rings. The normalized spacial score (nSPS) is 18.6. The van der Waals surface area contributed by atoms with Gasteiger partial charge in [0.05, 0.1) is 47.6 Å². The van der Waals surface area contributed by atoms with E-state index in [4.69, 9.17) is 19.4 Å². The summed E-state index contributed by atoms with van der Waals surface area (Å²) < 4.78 is 10.6. The number of aromatic nitrogens is 4. The molecule has 2 aromatic rings. The van der Waals surface area contributed by atoms with E-state index in [-0.39, 0.29) is 30.0 Å². The van der Waals surface area contributed by atoms with E-state index in [9.17, 15) is 9.59 Å². The van der Waals surface area contributed by atoms with E-state index in [1.54, 1.807) is 7.11 Å². The topological polar surface area (TPSA) is 110 Å². The van der Waals surface area contributed by atoms with Crippen LogP contribution in [0.25, 0.3) is 38.9 Å². The van der Waals surface area contributed by atoms with Gasteiger partial charge in [-0.1, -0.05) is 20.4 Å². The van der Waals surface area contributed by atoms with Gasteiger partial charge in [0, 0.05) is 59.0 Å². The number of carbonyl (C=O) groups excluding carboxylic acids is 2. The van der Waals surface area contributed by atoms with E-state index in [2.05, 4.69) is 62.4 Å². The summed E-state index contributed by atoms with van der Waals surface area (Å²) in [7, 11) is 3.10. The van der Waals surface area contributed by atoms with Crippen LogP contribution in [0.4, 0.5) is 0 Å². The Hall–Kier alpha value is -4.30. The summed E-state index contributed by atoms with van der Waals surface area (Å²) in [5.41, 5.74) is 14.1. The highest BCUT2D eigenvalue weighted by molar-refractivity contribution is 6.38. The molecule has 0 fully saturated rings. The van der Waals surface area contributed by atoms with Crippen LogP contribution in [0.2, 0.25) is 0 Å². The molecular weight excluding hydrogens is 540 g/mol. The van der Waals surface area contributed by atoms with Crippen molar-refractivity contribution in [2.45, 2.75) is 65.7 Å². The zero-order valence-electron chi connectivity index (χ0n) is 25.9. The molecular formula is C35H38N4O4. The molecule has 3 aliphatic heterocycles. The number of nitrogens with zero attached hydrogens (tertiary/aromatic N) is 2. The average molecular weight is 579 g/mol. The molecule has 0 saturated carbocycles. The van der Waals surface area contributed by atoms with Gasteiger partial charge >= 0.3 is 5.97 Å². The number of ketones is 1. The zero-order chi connectivity index (χ0) is 30.7. The van der Waals surface area contributed by atoms with Crippen molar-refractivity contribution in [3.05, 3.63) is 75.6 Å². The summed E-state index contributed by atoms with van der Waals surface area (Å²) in [5.74, 6) is -0.372. The first-order chi connectivity index (χ1) is 20.6. The zero-order valence-corrected chi connectivity index (χ0v) is 25.9. The van der Waals surface area contributed by atoms with Crippen LogP contribution >= 0.6 is 0 Å². The third-order valence-corrected chi connectivity index (χ3v) is 9.50. The number of H-pyrrole nitrogens is 2. The molecule has 8 bridgehead atoms. The molecule has 0 saturated heterocycles. The number of methoxy groups -OCH3 is 2. The predicted molar refractivity (Wildman–Crippen MR) is 170 cm³/mol. The number of fused-ring (bicyclic) bond motifs is 8. The lowest BCUT2D eigenvalue weighted by Crippen LogP contribution is -2.09. The molecule has 0 radical (unpaired) electrons. The minimum absolute atomic E-state index is 0.0273. The number of rotatable bonds is 6. The number of aryl methyl sites for hydroxylation is 1. The maximum absolute atomic E-state index is 13.7. The van der Waals surface area contributed by atoms with E-state index in [0.29, 0.717) is 24.2 Å². The fourth-order valence-electron chi connectivity index (χ4n) is 6.92. The van der Waals surface area contributed by atoms with Crippen molar-refractivity contribution >= 4 is 50.7 Å². The van der Waals surface area contributed by atoms with Gasteiger partial charge in [-0.15, -0.1) is 0 Å². The number of nitrogens with one attached hydrogen (secondary N) is 2. The number of ether oxygens (including phenoxy) is 2. The summed E-state index contributed by atoms with van der Waals surface area (Å²) in [4.78, 5) is 43.3. The SMILES string of the molecule is C=C1C(=O)c2c(C)c3cc4nc(cc5nc(cc6[nH]c(c1c2[nH]3)[C@@H](CCC(=O)OC)[C@@H]6C)C(C)=C5COC)C(C)=C4CC. The monoisotopic (exact) mass is 578 g/mol. The van der Waals surface area contributed by atoms with Crippen LogP contribution in [0.15, 0.2) is 24.8 Å². The van der Waals surface area contributed by atoms with E-state index in [0.717, 1.165) is 85.0 Å². The second kappa shape index (κ2) is 10.8. The summed E-state index contributed by atoms with van der Waals surface area (Å²) in [5, 5.41) is 0. The third-order valence-electron chi connectivity index (χ3n) is 9.50. The molecule has 6 rings (SSSR count). The van der Waals surface area contributed by atoms with Crippen LogP contribution in [0.1, 0.15) is 114 Å². The second-order valence-electron chi connectivity index (χ2n) is 11.8. The molecule has 2 N–H and O–H groups in total. The molecule has 8 nitrogen and oxygen atoms in total. The average Bonchev–Trinajstić information content (AvgIpc) is 3.71. The van der Waals surface area contributed by atoms with Gasteiger partial charge in [0.15, 0.2) is 5.78 Å². The fourth-order valence-corrected chi connectivity index (χ4v) is 6.92. The molecule has 0 unspecified atom stereocenters. The minimum atomic E-state index is -0.261. The smallest absolute Gasteiger partial charge is 0.305 e. The number of aromatic amines is 2. The van der Waals surface area contributed by atoms with Crippen LogP contribution in [-0.4, -0.2) is 52.5 Å². The number of carbonyl (C=O) groups is 2. The molecule has 1 aliphatic carbocycles. The molecule has 2 aromatic heterocycles. The Kier molecular flexibility index (Phi) is 7.21. The van der Waals surface area contributed by atoms with Crippen LogP contribution in [0.5, 0.6) is 0 Å². The lowest BCUT2D eigenvalue weighted by atomic mass is 9.85. The van der Waals surface area contributed by atoms with Crippen LogP contribution in [0.3, 0.4) is 0 Å². The highest BCUT2D eigenvalue weighted by Crippen LogP contribution is 2.47. The maximum Gasteiger partial charge on any atom is 0.305 e. The van der Waals surface area contributed by atoms with Crippen molar-refractivity contribution in [1.82, 2.24) is 19.9 Å². The predicted octanol–water partition coefficient (Wildman–Crippen LogP) is 7.31. The van der Waals surface area contributed by atoms with E-state index in [1.165, 1.54) is 7.11 Å². The van der Waals surface area contributed by atoms with Crippen molar-refractivity contribution in [3.8, 4) is 0 Å². The van der Waals surface area contributed by atoms with Crippen LogP contribution in [0, 0.1) is 6.92 Å². The molecule has 8 heteroatoms. The molecule has 0 spiro atoms. The Bertz CT molecular complexity index is 1870. The van der Waals surface area contributed by atoms with Crippen molar-refractivity contribution in [2.24, 2.45) is 0 Å². The van der Waals surface area contributed by atoms with Crippen molar-refractivity contribution < 1.29 is 19.1 Å². The molecule has 222 valence electrons. The second-order valence-corrected chi connectivity index (χ2v) is 11.8. The van der Waals surface area contributed by atoms with Crippen LogP contribution < -0.4 is 0 Å². The summed E-state index contributed by atoms with van der Waals surface area (Å²) >= 11 is 0. The number of hydrogen-bond acceptors (Lipinski definition) is 6. The van der Waals surface area contributed by atoms with Gasteiger partial charge in [0.1, 0.15) is 0 Å². The molecule has 0 aromatic carbocycles. The Morgan fingerprint density at radius 1 is 0.953 bits per heavy atom. The lowest BCUT2D eigenvalue weighted by molar-refractivity contribution is -0.140.